The van der Waals surface area contributed by atoms with Crippen molar-refractivity contribution in [3.05, 3.63) is 24.2 Å². The average molecular weight is 468 g/mol. The van der Waals surface area contributed by atoms with Crippen molar-refractivity contribution in [2.75, 3.05) is 26.7 Å². The molecule has 0 aromatic carbocycles. The van der Waals surface area contributed by atoms with Crippen LogP contribution in [0.4, 0.5) is 13.2 Å². The van der Waals surface area contributed by atoms with E-state index in [-0.39, 0.29) is 10.9 Å². The molecule has 1 saturated carbocycles. The number of sulfonamides is 1. The van der Waals surface area contributed by atoms with Crippen molar-refractivity contribution in [2.45, 2.75) is 61.7 Å². The highest BCUT2D eigenvalue weighted by atomic mass is 32.2. The smallest absolute Gasteiger partial charge is 0.475 e. The molecule has 3 heterocycles. The number of carboxylic acid groups (broad SMARTS) is 1. The summed E-state index contributed by atoms with van der Waals surface area (Å²) in [5.74, 6) is -1.80. The summed E-state index contributed by atoms with van der Waals surface area (Å²) >= 11 is 0. The Hall–Kier alpha value is -1.63. The van der Waals surface area contributed by atoms with Crippen LogP contribution in [0.1, 0.15) is 37.9 Å². The van der Waals surface area contributed by atoms with Crippen LogP contribution in [-0.2, 0) is 26.1 Å². The van der Waals surface area contributed by atoms with Crippen molar-refractivity contribution in [3.63, 3.8) is 0 Å². The summed E-state index contributed by atoms with van der Waals surface area (Å²) in [5.41, 5.74) is -0.141. The number of halogens is 3. The molecule has 1 aliphatic carbocycles. The van der Waals surface area contributed by atoms with E-state index in [0.29, 0.717) is 25.7 Å². The minimum atomic E-state index is -5.08. The monoisotopic (exact) mass is 468 g/mol. The first-order valence-electron chi connectivity index (χ1n) is 10.1. The molecule has 1 spiro atoms. The molecule has 1 aromatic heterocycles. The highest BCUT2D eigenvalue weighted by Crippen LogP contribution is 2.40. The quantitative estimate of drug-likeness (QED) is 0.709. The lowest BCUT2D eigenvalue weighted by Gasteiger charge is -2.38. The summed E-state index contributed by atoms with van der Waals surface area (Å²) in [5, 5.41) is 7.02. The molecule has 12 heteroatoms. The van der Waals surface area contributed by atoms with Gasteiger partial charge in [-0.15, -0.1) is 0 Å². The Bertz CT molecular complexity index is 846. The predicted molar refractivity (Wildman–Crippen MR) is 104 cm³/mol. The fourth-order valence-electron chi connectivity index (χ4n) is 3.95. The van der Waals surface area contributed by atoms with E-state index < -0.39 is 22.2 Å². The second kappa shape index (κ2) is 9.08. The number of hydrogen-bond donors (Lipinski definition) is 1. The lowest BCUT2D eigenvalue weighted by molar-refractivity contribution is -0.192. The van der Waals surface area contributed by atoms with Gasteiger partial charge in [-0.3, -0.25) is 4.90 Å². The highest BCUT2D eigenvalue weighted by Gasteiger charge is 2.48. The fraction of sp³-hybridized carbons (Fsp3) is 0.737. The van der Waals surface area contributed by atoms with Crippen LogP contribution in [0, 0.1) is 0 Å². The Kier molecular flexibility index (Phi) is 7.04. The highest BCUT2D eigenvalue weighted by molar-refractivity contribution is 7.90. The first-order chi connectivity index (χ1) is 14.4. The van der Waals surface area contributed by atoms with Crippen LogP contribution in [0.2, 0.25) is 0 Å². The number of carboxylic acids is 1. The summed E-state index contributed by atoms with van der Waals surface area (Å²) in [4.78, 5) is 11.2. The summed E-state index contributed by atoms with van der Waals surface area (Å²) in [6.45, 7) is 2.70. The first-order valence-corrected chi connectivity index (χ1v) is 11.6. The summed E-state index contributed by atoms with van der Waals surface area (Å²) in [6, 6.07) is 4.26. The van der Waals surface area contributed by atoms with E-state index in [2.05, 4.69) is 11.9 Å². The Balaban J connectivity index is 0.000000339. The van der Waals surface area contributed by atoms with Gasteiger partial charge in [0.15, 0.2) is 0 Å². The summed E-state index contributed by atoms with van der Waals surface area (Å²) < 4.78 is 69.8. The molecule has 0 amide bonds. The number of hydrogen-bond acceptors (Lipinski definition) is 6. The molecule has 176 valence electrons. The third kappa shape index (κ3) is 5.99. The molecule has 1 unspecified atom stereocenters. The number of aliphatic carboxylic acids is 1. The van der Waals surface area contributed by atoms with Crippen LogP contribution in [-0.4, -0.2) is 78.5 Å². The van der Waals surface area contributed by atoms with Gasteiger partial charge in [0.2, 0.25) is 10.0 Å². The third-order valence-corrected chi connectivity index (χ3v) is 8.38. The minimum Gasteiger partial charge on any atom is -0.475 e. The maximum absolute atomic E-state index is 12.4. The number of ether oxygens (including phenoxy) is 1. The number of piperidine rings is 1. The molecular weight excluding hydrogens is 441 g/mol. The molecule has 3 aliphatic rings. The van der Waals surface area contributed by atoms with Crippen molar-refractivity contribution in [1.82, 2.24) is 9.21 Å². The number of nitrogens with zero attached hydrogens (tertiary/aromatic N) is 2. The maximum Gasteiger partial charge on any atom is 0.490 e. The van der Waals surface area contributed by atoms with E-state index in [1.807, 2.05) is 12.1 Å². The second-order valence-electron chi connectivity index (χ2n) is 8.29. The molecule has 8 nitrogen and oxygen atoms in total. The SMILES string of the molecule is CN(Cc1ccco1)C1COC2(CCN(S(=O)(=O)C3CC3)CC2)C1.O=C(O)C(F)(F)F. The van der Waals surface area contributed by atoms with Crippen molar-refractivity contribution in [3.8, 4) is 0 Å². The van der Waals surface area contributed by atoms with Gasteiger partial charge in [0.25, 0.3) is 0 Å². The van der Waals surface area contributed by atoms with Gasteiger partial charge in [-0.25, -0.2) is 17.5 Å². The average Bonchev–Trinajstić information content (AvgIpc) is 3.31. The molecule has 3 fully saturated rings. The van der Waals surface area contributed by atoms with Gasteiger partial charge in [0, 0.05) is 19.1 Å². The van der Waals surface area contributed by atoms with Crippen LogP contribution in [0.3, 0.4) is 0 Å². The second-order valence-corrected chi connectivity index (χ2v) is 10.5. The van der Waals surface area contributed by atoms with Crippen LogP contribution in [0.15, 0.2) is 22.8 Å². The lowest BCUT2D eigenvalue weighted by atomic mass is 9.88. The molecule has 1 aromatic rings. The number of rotatable bonds is 5. The predicted octanol–water partition coefficient (Wildman–Crippen LogP) is 2.46. The van der Waals surface area contributed by atoms with Gasteiger partial charge in [0.05, 0.1) is 30.3 Å². The minimum absolute atomic E-state index is 0.108. The standard InChI is InChI=1S/C17H26N2O4S.C2HF3O2/c1-18(12-15-3-2-10-22-15)14-11-17(23-13-14)6-8-19(9-7-17)24(20,21)16-4-5-16;3-2(4,5)1(6)7/h2-3,10,14,16H,4-9,11-13H2,1H3;(H,6,7). The van der Waals surface area contributed by atoms with E-state index in [9.17, 15) is 21.6 Å². The van der Waals surface area contributed by atoms with E-state index in [0.717, 1.165) is 44.4 Å². The fourth-order valence-corrected chi connectivity index (χ4v) is 5.80. The number of furan rings is 1. The van der Waals surface area contributed by atoms with E-state index in [4.69, 9.17) is 19.1 Å². The first kappa shape index (κ1) is 24.0. The van der Waals surface area contributed by atoms with Gasteiger partial charge < -0.3 is 14.3 Å². The van der Waals surface area contributed by atoms with E-state index in [1.54, 1.807) is 10.6 Å². The molecular formula is C19H27F3N2O6S. The topological polar surface area (TPSA) is 100 Å². The molecule has 1 N–H and O–H groups in total. The summed E-state index contributed by atoms with van der Waals surface area (Å²) in [6.07, 6.45) is 0.877. The Labute approximate surface area is 179 Å². The number of carbonyl (C=O) groups is 1. The Morgan fingerprint density at radius 3 is 2.42 bits per heavy atom. The zero-order valence-electron chi connectivity index (χ0n) is 17.2. The Morgan fingerprint density at radius 1 is 1.32 bits per heavy atom. The van der Waals surface area contributed by atoms with Crippen molar-refractivity contribution in [2.24, 2.45) is 0 Å². The molecule has 2 saturated heterocycles. The lowest BCUT2D eigenvalue weighted by Crippen LogP contribution is -2.47. The largest absolute Gasteiger partial charge is 0.490 e. The zero-order chi connectivity index (χ0) is 22.9. The molecule has 31 heavy (non-hydrogen) atoms. The third-order valence-electron chi connectivity index (χ3n) is 5.98. The van der Waals surface area contributed by atoms with E-state index >= 15 is 0 Å². The molecule has 0 bridgehead atoms. The van der Waals surface area contributed by atoms with Crippen LogP contribution < -0.4 is 0 Å². The molecule has 1 atom stereocenters. The van der Waals surface area contributed by atoms with Gasteiger partial charge in [-0.05, 0) is 51.3 Å². The van der Waals surface area contributed by atoms with Gasteiger partial charge >= 0.3 is 12.1 Å². The zero-order valence-corrected chi connectivity index (χ0v) is 18.0. The van der Waals surface area contributed by atoms with Gasteiger partial charge in [0.1, 0.15) is 5.76 Å². The van der Waals surface area contributed by atoms with Crippen molar-refractivity contribution < 1.29 is 40.6 Å². The summed E-state index contributed by atoms with van der Waals surface area (Å²) in [7, 11) is -0.945. The maximum atomic E-state index is 12.4. The van der Waals surface area contributed by atoms with Gasteiger partial charge in [-0.1, -0.05) is 0 Å². The number of likely N-dealkylation sites (N-methyl/N-ethyl adjacent to an activating group) is 1. The van der Waals surface area contributed by atoms with Gasteiger partial charge in [-0.2, -0.15) is 13.2 Å². The van der Waals surface area contributed by atoms with Crippen LogP contribution >= 0.6 is 0 Å². The molecule has 0 radical (unpaired) electrons. The van der Waals surface area contributed by atoms with Crippen LogP contribution in [0.5, 0.6) is 0 Å². The number of alkyl halides is 3. The normalized spacial score (nSPS) is 24.2. The molecule has 2 aliphatic heterocycles. The van der Waals surface area contributed by atoms with Crippen molar-refractivity contribution in [1.29, 1.82) is 0 Å². The van der Waals surface area contributed by atoms with Crippen LogP contribution in [0.25, 0.3) is 0 Å². The van der Waals surface area contributed by atoms with Crippen molar-refractivity contribution >= 4 is 16.0 Å². The van der Waals surface area contributed by atoms with E-state index in [1.165, 1.54) is 0 Å². The molecule has 4 rings (SSSR count). The Morgan fingerprint density at radius 2 is 1.94 bits per heavy atom.